The molecule has 0 N–H and O–H groups in total. The molecule has 19 heavy (non-hydrogen) atoms. The maximum absolute atomic E-state index is 4.68. The normalized spacial score (nSPS) is 11.4. The van der Waals surface area contributed by atoms with Gasteiger partial charge < -0.3 is 4.40 Å². The second-order valence-corrected chi connectivity index (χ2v) is 5.69. The van der Waals surface area contributed by atoms with Crippen LogP contribution in [-0.4, -0.2) is 19.2 Å². The minimum Gasteiger partial charge on any atom is -0.301 e. The van der Waals surface area contributed by atoms with Crippen molar-refractivity contribution in [2.75, 3.05) is 0 Å². The van der Waals surface area contributed by atoms with Gasteiger partial charge in [-0.05, 0) is 41.9 Å². The van der Waals surface area contributed by atoms with Crippen molar-refractivity contribution >= 4 is 37.5 Å². The number of rotatable bonds is 2. The molecule has 3 aromatic heterocycles. The maximum Gasteiger partial charge on any atom is 0.176 e. The molecule has 0 atom stereocenters. The van der Waals surface area contributed by atoms with Crippen molar-refractivity contribution < 1.29 is 0 Å². The number of imidazole rings is 1. The van der Waals surface area contributed by atoms with E-state index in [9.17, 15) is 0 Å². The third-order valence-corrected chi connectivity index (χ3v) is 4.82. The van der Waals surface area contributed by atoms with Gasteiger partial charge >= 0.3 is 0 Å². The SMILES string of the molecule is Cc1nn(-c2nc3ccccn3c2CBr)c(C)c1Br. The molecule has 0 aliphatic heterocycles. The summed E-state index contributed by atoms with van der Waals surface area (Å²) in [6, 6.07) is 5.99. The van der Waals surface area contributed by atoms with Crippen molar-refractivity contribution in [3.63, 3.8) is 0 Å². The average Bonchev–Trinajstić information content (AvgIpc) is 2.91. The number of aryl methyl sites for hydroxylation is 1. The predicted molar refractivity (Wildman–Crippen MR) is 82.1 cm³/mol. The third-order valence-electron chi connectivity index (χ3n) is 3.14. The highest BCUT2D eigenvalue weighted by Gasteiger charge is 2.17. The fourth-order valence-electron chi connectivity index (χ4n) is 2.16. The van der Waals surface area contributed by atoms with Gasteiger partial charge in [-0.15, -0.1) is 0 Å². The monoisotopic (exact) mass is 382 g/mol. The molecule has 0 amide bonds. The Morgan fingerprint density at radius 3 is 2.68 bits per heavy atom. The van der Waals surface area contributed by atoms with Crippen LogP contribution in [0.25, 0.3) is 11.5 Å². The first kappa shape index (κ1) is 12.9. The highest BCUT2D eigenvalue weighted by atomic mass is 79.9. The lowest BCUT2D eigenvalue weighted by Crippen LogP contribution is -2.03. The van der Waals surface area contributed by atoms with E-state index < -0.39 is 0 Å². The average molecular weight is 384 g/mol. The van der Waals surface area contributed by atoms with Gasteiger partial charge in [0.05, 0.1) is 21.6 Å². The first-order chi connectivity index (χ1) is 9.13. The van der Waals surface area contributed by atoms with E-state index >= 15 is 0 Å². The van der Waals surface area contributed by atoms with Crippen molar-refractivity contribution in [3.8, 4) is 5.82 Å². The third kappa shape index (κ3) is 1.94. The minimum atomic E-state index is 0.726. The fourth-order valence-corrected chi connectivity index (χ4v) is 2.93. The summed E-state index contributed by atoms with van der Waals surface area (Å²) in [4.78, 5) is 4.68. The second-order valence-electron chi connectivity index (χ2n) is 4.34. The van der Waals surface area contributed by atoms with Crippen LogP contribution in [0.3, 0.4) is 0 Å². The van der Waals surface area contributed by atoms with Crippen molar-refractivity contribution in [1.82, 2.24) is 19.2 Å². The summed E-state index contributed by atoms with van der Waals surface area (Å²) < 4.78 is 5.00. The largest absolute Gasteiger partial charge is 0.301 e. The summed E-state index contributed by atoms with van der Waals surface area (Å²) in [5, 5.41) is 5.28. The Morgan fingerprint density at radius 2 is 2.05 bits per heavy atom. The van der Waals surface area contributed by atoms with E-state index in [1.165, 1.54) is 0 Å². The molecule has 3 rings (SSSR count). The van der Waals surface area contributed by atoms with Crippen LogP contribution in [0.5, 0.6) is 0 Å². The Hall–Kier alpha value is -1.14. The van der Waals surface area contributed by atoms with E-state index in [0.29, 0.717) is 0 Å². The van der Waals surface area contributed by atoms with E-state index in [4.69, 9.17) is 0 Å². The molecule has 6 heteroatoms. The van der Waals surface area contributed by atoms with Gasteiger partial charge in [-0.25, -0.2) is 9.67 Å². The minimum absolute atomic E-state index is 0.726. The summed E-state index contributed by atoms with van der Waals surface area (Å²) in [7, 11) is 0. The molecule has 0 bridgehead atoms. The van der Waals surface area contributed by atoms with Crippen LogP contribution in [0.2, 0.25) is 0 Å². The Morgan fingerprint density at radius 1 is 1.26 bits per heavy atom. The van der Waals surface area contributed by atoms with Crippen LogP contribution in [-0.2, 0) is 5.33 Å². The second kappa shape index (κ2) is 4.76. The van der Waals surface area contributed by atoms with Gasteiger partial charge in [-0.1, -0.05) is 22.0 Å². The van der Waals surface area contributed by atoms with Gasteiger partial charge in [0.2, 0.25) is 0 Å². The lowest BCUT2D eigenvalue weighted by atomic mass is 10.4. The van der Waals surface area contributed by atoms with Crippen LogP contribution in [0.15, 0.2) is 28.9 Å². The first-order valence-electron chi connectivity index (χ1n) is 5.87. The van der Waals surface area contributed by atoms with Crippen LogP contribution >= 0.6 is 31.9 Å². The zero-order chi connectivity index (χ0) is 13.6. The number of pyridine rings is 1. The van der Waals surface area contributed by atoms with Gasteiger partial charge in [0, 0.05) is 11.5 Å². The smallest absolute Gasteiger partial charge is 0.176 e. The van der Waals surface area contributed by atoms with E-state index in [1.54, 1.807) is 0 Å². The lowest BCUT2D eigenvalue weighted by molar-refractivity contribution is 0.804. The van der Waals surface area contributed by atoms with Crippen molar-refractivity contribution in [2.45, 2.75) is 19.2 Å². The number of halogens is 2. The summed E-state index contributed by atoms with van der Waals surface area (Å²) in [5.41, 5.74) is 4.04. The number of nitrogens with zero attached hydrogens (tertiary/aromatic N) is 4. The Balaban J connectivity index is 2.33. The molecule has 0 aromatic carbocycles. The molecule has 3 heterocycles. The van der Waals surface area contributed by atoms with Gasteiger partial charge in [0.25, 0.3) is 0 Å². The Kier molecular flexibility index (Phi) is 3.22. The lowest BCUT2D eigenvalue weighted by Gasteiger charge is -2.03. The van der Waals surface area contributed by atoms with E-state index in [-0.39, 0.29) is 0 Å². The van der Waals surface area contributed by atoms with E-state index in [1.807, 2.05) is 42.9 Å². The molecule has 0 fully saturated rings. The number of aromatic nitrogens is 4. The Labute approximate surface area is 127 Å². The summed E-state index contributed by atoms with van der Waals surface area (Å²) in [6.07, 6.45) is 2.02. The summed E-state index contributed by atoms with van der Waals surface area (Å²) >= 11 is 7.10. The molecule has 0 radical (unpaired) electrons. The number of hydrogen-bond donors (Lipinski definition) is 0. The molecule has 98 valence electrons. The molecule has 0 saturated heterocycles. The zero-order valence-electron chi connectivity index (χ0n) is 10.6. The molecule has 0 aliphatic carbocycles. The molecule has 3 aromatic rings. The fraction of sp³-hybridized carbons (Fsp3) is 0.231. The number of hydrogen-bond acceptors (Lipinski definition) is 2. The highest BCUT2D eigenvalue weighted by Crippen LogP contribution is 2.26. The number of alkyl halides is 1. The molecule has 0 unspecified atom stereocenters. The van der Waals surface area contributed by atoms with Gasteiger partial charge in [-0.2, -0.15) is 5.10 Å². The maximum atomic E-state index is 4.68. The van der Waals surface area contributed by atoms with Crippen LogP contribution in [0.4, 0.5) is 0 Å². The van der Waals surface area contributed by atoms with Crippen LogP contribution in [0, 0.1) is 13.8 Å². The molecular weight excluding hydrogens is 372 g/mol. The standard InChI is InChI=1S/C13H12Br2N4/c1-8-12(15)9(2)19(17-8)13-10(7-14)18-6-4-3-5-11(18)16-13/h3-6H,7H2,1-2H3. The van der Waals surface area contributed by atoms with Crippen molar-refractivity contribution in [2.24, 2.45) is 0 Å². The van der Waals surface area contributed by atoms with Gasteiger partial charge in [-0.3, -0.25) is 0 Å². The van der Waals surface area contributed by atoms with Crippen LogP contribution < -0.4 is 0 Å². The molecule has 0 spiro atoms. The highest BCUT2D eigenvalue weighted by molar-refractivity contribution is 9.10. The van der Waals surface area contributed by atoms with E-state index in [2.05, 4.69) is 46.3 Å². The van der Waals surface area contributed by atoms with Crippen molar-refractivity contribution in [3.05, 3.63) is 46.0 Å². The van der Waals surface area contributed by atoms with E-state index in [0.717, 1.165) is 38.3 Å². The number of fused-ring (bicyclic) bond motifs is 1. The molecule has 4 nitrogen and oxygen atoms in total. The molecule has 0 aliphatic rings. The van der Waals surface area contributed by atoms with Gasteiger partial charge in [0.1, 0.15) is 5.65 Å². The van der Waals surface area contributed by atoms with Crippen LogP contribution in [0.1, 0.15) is 17.1 Å². The zero-order valence-corrected chi connectivity index (χ0v) is 13.7. The Bertz CT molecular complexity index is 757. The molecule has 0 saturated carbocycles. The quantitative estimate of drug-likeness (QED) is 0.631. The van der Waals surface area contributed by atoms with Gasteiger partial charge in [0.15, 0.2) is 5.82 Å². The summed E-state index contributed by atoms with van der Waals surface area (Å²) in [6.45, 7) is 4.02. The first-order valence-corrected chi connectivity index (χ1v) is 7.79. The topological polar surface area (TPSA) is 35.1 Å². The predicted octanol–water partition coefficient (Wildman–Crippen LogP) is 3.79. The van der Waals surface area contributed by atoms with Crippen molar-refractivity contribution in [1.29, 1.82) is 0 Å². The summed E-state index contributed by atoms with van der Waals surface area (Å²) in [5.74, 6) is 0.870. The molecular formula is C13H12Br2N4.